The highest BCUT2D eigenvalue weighted by Gasteiger charge is 2.37. The molecule has 1 unspecified atom stereocenters. The molecule has 82 valence electrons. The Morgan fingerprint density at radius 3 is 2.57 bits per heavy atom. The largest absolute Gasteiger partial charge is 0.394 e. The van der Waals surface area contributed by atoms with Gasteiger partial charge < -0.3 is 10.4 Å². The molecule has 2 fully saturated rings. The molecular formula is C11H22N2O. The fourth-order valence-electron chi connectivity index (χ4n) is 2.88. The summed E-state index contributed by atoms with van der Waals surface area (Å²) in [6.45, 7) is 4.92. The minimum Gasteiger partial charge on any atom is -0.394 e. The molecular weight excluding hydrogens is 176 g/mol. The van der Waals surface area contributed by atoms with Gasteiger partial charge in [-0.2, -0.15) is 0 Å². The molecule has 0 spiro atoms. The summed E-state index contributed by atoms with van der Waals surface area (Å²) in [6.07, 6.45) is 6.11. The van der Waals surface area contributed by atoms with Crippen molar-refractivity contribution in [3.63, 3.8) is 0 Å². The van der Waals surface area contributed by atoms with Crippen LogP contribution in [0.1, 0.15) is 32.1 Å². The Morgan fingerprint density at radius 2 is 1.86 bits per heavy atom. The summed E-state index contributed by atoms with van der Waals surface area (Å²) in [7, 11) is 0. The van der Waals surface area contributed by atoms with Gasteiger partial charge in [0.05, 0.1) is 6.61 Å². The van der Waals surface area contributed by atoms with Crippen LogP contribution in [0, 0.1) is 0 Å². The van der Waals surface area contributed by atoms with Gasteiger partial charge in [0.25, 0.3) is 0 Å². The molecule has 1 atom stereocenters. The molecule has 14 heavy (non-hydrogen) atoms. The fourth-order valence-corrected chi connectivity index (χ4v) is 2.88. The normalized spacial score (nSPS) is 35.8. The fraction of sp³-hybridized carbons (Fsp3) is 1.00. The Kier molecular flexibility index (Phi) is 3.42. The van der Waals surface area contributed by atoms with Crippen LogP contribution >= 0.6 is 0 Å². The molecule has 0 bridgehead atoms. The lowest BCUT2D eigenvalue weighted by atomic mass is 9.89. The van der Waals surface area contributed by atoms with Crippen LogP contribution in [0.2, 0.25) is 0 Å². The number of nitrogens with zero attached hydrogens (tertiary/aromatic N) is 1. The van der Waals surface area contributed by atoms with Gasteiger partial charge in [-0.1, -0.05) is 0 Å². The third-order valence-electron chi connectivity index (χ3n) is 3.83. The van der Waals surface area contributed by atoms with E-state index in [0.717, 1.165) is 25.9 Å². The van der Waals surface area contributed by atoms with E-state index in [0.29, 0.717) is 6.61 Å². The van der Waals surface area contributed by atoms with E-state index in [1.54, 1.807) is 0 Å². The first-order valence-electron chi connectivity index (χ1n) is 5.94. The van der Waals surface area contributed by atoms with Crippen molar-refractivity contribution in [1.82, 2.24) is 10.2 Å². The summed E-state index contributed by atoms with van der Waals surface area (Å²) in [4.78, 5) is 2.53. The second-order valence-corrected chi connectivity index (χ2v) is 4.68. The lowest BCUT2D eigenvalue weighted by molar-refractivity contribution is 0.0367. The minimum atomic E-state index is 0.111. The highest BCUT2D eigenvalue weighted by Crippen LogP contribution is 2.29. The zero-order valence-electron chi connectivity index (χ0n) is 8.97. The third-order valence-corrected chi connectivity index (χ3v) is 3.83. The van der Waals surface area contributed by atoms with Crippen LogP contribution in [0.4, 0.5) is 0 Å². The molecule has 0 aromatic carbocycles. The molecule has 3 nitrogen and oxygen atoms in total. The summed E-state index contributed by atoms with van der Waals surface area (Å²) in [5, 5.41) is 13.1. The Labute approximate surface area is 86.5 Å². The summed E-state index contributed by atoms with van der Waals surface area (Å²) >= 11 is 0. The summed E-state index contributed by atoms with van der Waals surface area (Å²) in [5.41, 5.74) is 0.111. The molecule has 0 amide bonds. The third kappa shape index (κ3) is 1.95. The van der Waals surface area contributed by atoms with E-state index in [4.69, 9.17) is 0 Å². The Bertz CT molecular complexity index is 170. The van der Waals surface area contributed by atoms with E-state index in [1.807, 2.05) is 0 Å². The summed E-state index contributed by atoms with van der Waals surface area (Å²) < 4.78 is 0. The molecule has 0 aromatic heterocycles. The first-order chi connectivity index (χ1) is 6.87. The number of aliphatic hydroxyl groups excluding tert-OH is 1. The van der Waals surface area contributed by atoms with Crippen LogP contribution in [0.3, 0.4) is 0 Å². The van der Waals surface area contributed by atoms with Gasteiger partial charge in [0, 0.05) is 5.54 Å². The van der Waals surface area contributed by atoms with Gasteiger partial charge >= 0.3 is 0 Å². The molecule has 2 rings (SSSR count). The molecule has 0 radical (unpaired) electrons. The van der Waals surface area contributed by atoms with Crippen molar-refractivity contribution in [2.45, 2.75) is 37.6 Å². The van der Waals surface area contributed by atoms with Crippen LogP contribution in [-0.4, -0.2) is 48.3 Å². The molecule has 0 saturated carbocycles. The van der Waals surface area contributed by atoms with E-state index in [9.17, 15) is 5.11 Å². The van der Waals surface area contributed by atoms with Crippen LogP contribution in [-0.2, 0) is 0 Å². The predicted octanol–water partition coefficient (Wildman–Crippen LogP) is 0.587. The zero-order valence-corrected chi connectivity index (χ0v) is 8.97. The van der Waals surface area contributed by atoms with E-state index >= 15 is 0 Å². The maximum atomic E-state index is 9.66. The standard InChI is InChI=1S/C11H22N2O/c14-10-11(13-8-1-2-9-13)4-3-6-12-7-5-11/h12,14H,1-10H2. The van der Waals surface area contributed by atoms with Crippen LogP contribution in [0.5, 0.6) is 0 Å². The monoisotopic (exact) mass is 198 g/mol. The average molecular weight is 198 g/mol. The minimum absolute atomic E-state index is 0.111. The van der Waals surface area contributed by atoms with Gasteiger partial charge in [-0.15, -0.1) is 0 Å². The van der Waals surface area contributed by atoms with Gasteiger partial charge in [-0.25, -0.2) is 0 Å². The molecule has 3 heteroatoms. The molecule has 0 aromatic rings. The lowest BCUT2D eigenvalue weighted by Gasteiger charge is -2.40. The van der Waals surface area contributed by atoms with Crippen molar-refractivity contribution in [2.24, 2.45) is 0 Å². The molecule has 2 N–H and O–H groups in total. The van der Waals surface area contributed by atoms with Crippen molar-refractivity contribution >= 4 is 0 Å². The molecule has 2 saturated heterocycles. The lowest BCUT2D eigenvalue weighted by Crippen LogP contribution is -2.50. The highest BCUT2D eigenvalue weighted by atomic mass is 16.3. The predicted molar refractivity (Wildman–Crippen MR) is 57.3 cm³/mol. The number of likely N-dealkylation sites (tertiary alicyclic amines) is 1. The van der Waals surface area contributed by atoms with E-state index in [2.05, 4.69) is 10.2 Å². The quantitative estimate of drug-likeness (QED) is 0.681. The SMILES string of the molecule is OCC1(N2CCCC2)CCCNCC1. The summed E-state index contributed by atoms with van der Waals surface area (Å²) in [6, 6.07) is 0. The van der Waals surface area contributed by atoms with Gasteiger partial charge in [0.1, 0.15) is 0 Å². The van der Waals surface area contributed by atoms with E-state index < -0.39 is 0 Å². The maximum Gasteiger partial charge on any atom is 0.0615 e. The molecule has 2 aliphatic heterocycles. The van der Waals surface area contributed by atoms with Gasteiger partial charge in [-0.05, 0) is 58.3 Å². The Morgan fingerprint density at radius 1 is 1.07 bits per heavy atom. The number of hydrogen-bond acceptors (Lipinski definition) is 3. The number of nitrogens with one attached hydrogen (secondary N) is 1. The van der Waals surface area contributed by atoms with Crippen molar-refractivity contribution in [2.75, 3.05) is 32.8 Å². The van der Waals surface area contributed by atoms with Crippen molar-refractivity contribution in [3.05, 3.63) is 0 Å². The van der Waals surface area contributed by atoms with Gasteiger partial charge in [0.2, 0.25) is 0 Å². The number of hydrogen-bond donors (Lipinski definition) is 2. The Balaban J connectivity index is 2.04. The summed E-state index contributed by atoms with van der Waals surface area (Å²) in [5.74, 6) is 0. The Hall–Kier alpha value is -0.120. The topological polar surface area (TPSA) is 35.5 Å². The maximum absolute atomic E-state index is 9.66. The van der Waals surface area contributed by atoms with E-state index in [-0.39, 0.29) is 5.54 Å². The van der Waals surface area contributed by atoms with Gasteiger partial charge in [0.15, 0.2) is 0 Å². The smallest absolute Gasteiger partial charge is 0.0615 e. The molecule has 0 aliphatic carbocycles. The highest BCUT2D eigenvalue weighted by molar-refractivity contribution is 4.94. The van der Waals surface area contributed by atoms with Crippen LogP contribution < -0.4 is 5.32 Å². The average Bonchev–Trinajstić information content (AvgIpc) is 2.64. The zero-order chi connectivity index (χ0) is 9.86. The van der Waals surface area contributed by atoms with Crippen molar-refractivity contribution < 1.29 is 5.11 Å². The number of rotatable bonds is 2. The number of aliphatic hydroxyl groups is 1. The second-order valence-electron chi connectivity index (χ2n) is 4.68. The van der Waals surface area contributed by atoms with E-state index in [1.165, 1.54) is 32.4 Å². The van der Waals surface area contributed by atoms with Crippen LogP contribution in [0.15, 0.2) is 0 Å². The molecule has 2 heterocycles. The van der Waals surface area contributed by atoms with Crippen LogP contribution in [0.25, 0.3) is 0 Å². The first-order valence-corrected chi connectivity index (χ1v) is 5.94. The molecule has 2 aliphatic rings. The second kappa shape index (κ2) is 4.60. The van der Waals surface area contributed by atoms with Gasteiger partial charge in [-0.3, -0.25) is 4.90 Å². The first kappa shape index (κ1) is 10.4. The van der Waals surface area contributed by atoms with Crippen molar-refractivity contribution in [1.29, 1.82) is 0 Å². The van der Waals surface area contributed by atoms with Crippen molar-refractivity contribution in [3.8, 4) is 0 Å².